The Morgan fingerprint density at radius 2 is 1.68 bits per heavy atom. The number of allylic oxidation sites excluding steroid dienone is 1. The first-order chi connectivity index (χ1) is 9.26. The minimum atomic E-state index is -0.340. The van der Waals surface area contributed by atoms with Gasteiger partial charge in [-0.25, -0.2) is 4.39 Å². The lowest BCUT2D eigenvalue weighted by Gasteiger charge is -2.32. The molecular weight excluding hydrogens is 247 g/mol. The summed E-state index contributed by atoms with van der Waals surface area (Å²) in [6.07, 6.45) is 5.37. The van der Waals surface area contributed by atoms with E-state index < -0.39 is 0 Å². The molecule has 0 atom stereocenters. The van der Waals surface area contributed by atoms with Crippen LogP contribution >= 0.6 is 0 Å². The van der Waals surface area contributed by atoms with Crippen LogP contribution in [0.1, 0.15) is 25.7 Å². The van der Waals surface area contributed by atoms with Gasteiger partial charge in [-0.1, -0.05) is 0 Å². The Bertz CT molecular complexity index is 449. The van der Waals surface area contributed by atoms with E-state index >= 15 is 0 Å². The van der Waals surface area contributed by atoms with Crippen molar-refractivity contribution in [2.24, 2.45) is 0 Å². The van der Waals surface area contributed by atoms with Crippen LogP contribution in [-0.4, -0.2) is 19.0 Å². The fraction of sp³-hybridized carbons (Fsp3) is 0.467. The van der Waals surface area contributed by atoms with Crippen molar-refractivity contribution in [1.29, 1.82) is 0 Å². The van der Waals surface area contributed by atoms with Gasteiger partial charge in [-0.2, -0.15) is 0 Å². The van der Waals surface area contributed by atoms with Crippen LogP contribution in [0.4, 0.5) is 4.39 Å². The van der Waals surface area contributed by atoms with E-state index in [-0.39, 0.29) is 11.6 Å². The van der Waals surface area contributed by atoms with Crippen LogP contribution in [0.2, 0.25) is 0 Å². The summed E-state index contributed by atoms with van der Waals surface area (Å²) in [5.41, 5.74) is 1.24. The van der Waals surface area contributed by atoms with E-state index in [0.717, 1.165) is 25.7 Å². The highest BCUT2D eigenvalue weighted by atomic mass is 19.1. The van der Waals surface area contributed by atoms with Crippen LogP contribution in [0.25, 0.3) is 0 Å². The third kappa shape index (κ3) is 2.96. The first kappa shape index (κ1) is 12.6. The lowest BCUT2D eigenvalue weighted by molar-refractivity contribution is -0.171. The van der Waals surface area contributed by atoms with Gasteiger partial charge in [-0.3, -0.25) is 0 Å². The smallest absolute Gasteiger partial charge is 0.169 e. The van der Waals surface area contributed by atoms with Crippen molar-refractivity contribution in [3.05, 3.63) is 41.9 Å². The Labute approximate surface area is 112 Å². The molecule has 1 heterocycles. The van der Waals surface area contributed by atoms with Gasteiger partial charge in [0, 0.05) is 12.8 Å². The van der Waals surface area contributed by atoms with Crippen molar-refractivity contribution >= 4 is 0 Å². The molecule has 3 rings (SSSR count). The van der Waals surface area contributed by atoms with E-state index in [0.29, 0.717) is 19.0 Å². The zero-order chi connectivity index (χ0) is 13.1. The summed E-state index contributed by atoms with van der Waals surface area (Å²) in [6.45, 7) is 1.40. The summed E-state index contributed by atoms with van der Waals surface area (Å²) >= 11 is 0. The summed E-state index contributed by atoms with van der Waals surface area (Å²) in [5, 5.41) is 0. The fourth-order valence-corrected chi connectivity index (χ4v) is 2.52. The molecule has 0 bridgehead atoms. The Morgan fingerprint density at radius 1 is 1.05 bits per heavy atom. The van der Waals surface area contributed by atoms with Crippen LogP contribution in [0.3, 0.4) is 0 Å². The summed E-state index contributed by atoms with van der Waals surface area (Å²) in [5.74, 6) is 0.0606. The number of hydrogen-bond acceptors (Lipinski definition) is 3. The van der Waals surface area contributed by atoms with E-state index in [1.807, 2.05) is 0 Å². The van der Waals surface area contributed by atoms with Gasteiger partial charge in [0.05, 0.1) is 19.5 Å². The highest BCUT2D eigenvalue weighted by molar-refractivity contribution is 5.23. The predicted molar refractivity (Wildman–Crippen MR) is 68.2 cm³/mol. The molecule has 1 saturated carbocycles. The van der Waals surface area contributed by atoms with Crippen LogP contribution in [0, 0.1) is 5.82 Å². The normalized spacial score (nSPS) is 21.6. The molecule has 1 aromatic rings. The Hall–Kier alpha value is -1.39. The second kappa shape index (κ2) is 5.31. The highest BCUT2D eigenvalue weighted by Crippen LogP contribution is 2.37. The molecule has 1 saturated heterocycles. The SMILES string of the molecule is Fc1ccc(OC=C2CCC3(CC2)OCCO3)cc1. The number of rotatable bonds is 2. The first-order valence-electron chi connectivity index (χ1n) is 6.64. The second-order valence-corrected chi connectivity index (χ2v) is 4.96. The summed E-state index contributed by atoms with van der Waals surface area (Å²) in [7, 11) is 0. The quantitative estimate of drug-likeness (QED) is 0.766. The molecule has 1 aromatic carbocycles. The van der Waals surface area contributed by atoms with Gasteiger partial charge in [-0.05, 0) is 42.7 Å². The first-order valence-corrected chi connectivity index (χ1v) is 6.64. The minimum Gasteiger partial charge on any atom is -0.465 e. The van der Waals surface area contributed by atoms with E-state index in [9.17, 15) is 4.39 Å². The summed E-state index contributed by atoms with van der Waals surface area (Å²) in [6, 6.07) is 6.04. The van der Waals surface area contributed by atoms with E-state index in [1.165, 1.54) is 17.7 Å². The van der Waals surface area contributed by atoms with Gasteiger partial charge in [0.2, 0.25) is 0 Å². The van der Waals surface area contributed by atoms with Gasteiger partial charge >= 0.3 is 0 Å². The van der Waals surface area contributed by atoms with Crippen molar-refractivity contribution < 1.29 is 18.6 Å². The van der Waals surface area contributed by atoms with Crippen molar-refractivity contribution in [2.45, 2.75) is 31.5 Å². The molecule has 102 valence electrons. The molecule has 0 radical (unpaired) electrons. The van der Waals surface area contributed by atoms with Crippen molar-refractivity contribution in [3.8, 4) is 5.75 Å². The minimum absolute atomic E-state index is 0.254. The van der Waals surface area contributed by atoms with Gasteiger partial charge in [0.25, 0.3) is 0 Å². The van der Waals surface area contributed by atoms with Gasteiger partial charge in [0.15, 0.2) is 5.79 Å². The molecule has 0 aromatic heterocycles. The maximum absolute atomic E-state index is 12.8. The molecule has 3 nitrogen and oxygen atoms in total. The van der Waals surface area contributed by atoms with Crippen LogP contribution in [0.5, 0.6) is 5.75 Å². The Kier molecular flexibility index (Phi) is 3.53. The van der Waals surface area contributed by atoms with E-state index in [1.54, 1.807) is 18.4 Å². The lowest BCUT2D eigenvalue weighted by atomic mass is 9.90. The van der Waals surface area contributed by atoms with Crippen molar-refractivity contribution in [3.63, 3.8) is 0 Å². The van der Waals surface area contributed by atoms with E-state index in [2.05, 4.69) is 0 Å². The number of ether oxygens (including phenoxy) is 3. The third-order valence-electron chi connectivity index (χ3n) is 3.64. The molecule has 1 spiro atoms. The standard InChI is InChI=1S/C15H17FO3/c16-13-1-3-14(4-2-13)17-11-12-5-7-15(8-6-12)18-9-10-19-15/h1-4,11H,5-10H2. The summed E-state index contributed by atoms with van der Waals surface area (Å²) in [4.78, 5) is 0. The number of hydrogen-bond donors (Lipinski definition) is 0. The maximum Gasteiger partial charge on any atom is 0.169 e. The predicted octanol–water partition coefficient (Wildman–Crippen LogP) is 3.41. The van der Waals surface area contributed by atoms with E-state index in [4.69, 9.17) is 14.2 Å². The zero-order valence-electron chi connectivity index (χ0n) is 10.7. The van der Waals surface area contributed by atoms with Crippen LogP contribution in [-0.2, 0) is 9.47 Å². The largest absolute Gasteiger partial charge is 0.465 e. The maximum atomic E-state index is 12.8. The molecule has 19 heavy (non-hydrogen) atoms. The number of benzene rings is 1. The lowest BCUT2D eigenvalue weighted by Crippen LogP contribution is -2.33. The molecule has 0 N–H and O–H groups in total. The fourth-order valence-electron chi connectivity index (χ4n) is 2.52. The van der Waals surface area contributed by atoms with Crippen LogP contribution in [0.15, 0.2) is 36.1 Å². The zero-order valence-corrected chi connectivity index (χ0v) is 10.7. The van der Waals surface area contributed by atoms with Gasteiger partial charge in [-0.15, -0.1) is 0 Å². The van der Waals surface area contributed by atoms with Gasteiger partial charge < -0.3 is 14.2 Å². The van der Waals surface area contributed by atoms with Crippen molar-refractivity contribution in [2.75, 3.05) is 13.2 Å². The molecule has 1 aliphatic carbocycles. The third-order valence-corrected chi connectivity index (χ3v) is 3.64. The Balaban J connectivity index is 1.56. The molecule has 0 unspecified atom stereocenters. The molecule has 0 amide bonds. The average molecular weight is 264 g/mol. The molecular formula is C15H17FO3. The van der Waals surface area contributed by atoms with Crippen LogP contribution < -0.4 is 4.74 Å². The van der Waals surface area contributed by atoms with Gasteiger partial charge in [0.1, 0.15) is 11.6 Å². The molecule has 1 aliphatic heterocycles. The molecule has 2 fully saturated rings. The topological polar surface area (TPSA) is 27.7 Å². The summed E-state index contributed by atoms with van der Waals surface area (Å²) < 4.78 is 29.6. The second-order valence-electron chi connectivity index (χ2n) is 4.96. The molecule has 2 aliphatic rings. The highest BCUT2D eigenvalue weighted by Gasteiger charge is 2.38. The molecule has 4 heteroatoms. The number of halogens is 1. The average Bonchev–Trinajstić information content (AvgIpc) is 2.89. The van der Waals surface area contributed by atoms with Crippen molar-refractivity contribution in [1.82, 2.24) is 0 Å². The Morgan fingerprint density at radius 3 is 2.32 bits per heavy atom. The monoisotopic (exact) mass is 264 g/mol.